The first-order chi connectivity index (χ1) is 4.66. The van der Waals surface area contributed by atoms with Crippen molar-refractivity contribution in [1.29, 1.82) is 0 Å². The zero-order chi connectivity index (χ0) is 7.98. The molecule has 0 aliphatic heterocycles. The Bertz CT molecular complexity index is 164. The number of aliphatic carboxylic acids is 1. The van der Waals surface area contributed by atoms with Gasteiger partial charge in [-0.1, -0.05) is 0 Å². The van der Waals surface area contributed by atoms with Gasteiger partial charge in [0.2, 0.25) is 0 Å². The maximum Gasteiger partial charge on any atom is 2.00 e. The molecule has 0 rings (SSSR count). The van der Waals surface area contributed by atoms with Gasteiger partial charge in [-0.25, -0.2) is 9.59 Å². The van der Waals surface area contributed by atoms with Crippen LogP contribution >= 0.6 is 0 Å². The first-order valence-electron chi connectivity index (χ1n) is 2.74. The van der Waals surface area contributed by atoms with Crippen LogP contribution in [0.5, 0.6) is 0 Å². The zero-order valence-corrected chi connectivity index (χ0v) is 8.12. The molecule has 0 saturated carbocycles. The molecule has 0 heterocycles. The van der Waals surface area contributed by atoms with Crippen molar-refractivity contribution in [3.63, 3.8) is 0 Å². The molecule has 0 amide bonds. The summed E-state index contributed by atoms with van der Waals surface area (Å²) in [5.74, 6) is -1.79. The van der Waals surface area contributed by atoms with E-state index in [0.717, 1.165) is 12.2 Å². The van der Waals surface area contributed by atoms with Gasteiger partial charge < -0.3 is 9.84 Å². The van der Waals surface area contributed by atoms with Gasteiger partial charge in [0.15, 0.2) is 0 Å². The molecule has 0 aliphatic carbocycles. The molecule has 0 saturated heterocycles. The second-order valence-corrected chi connectivity index (χ2v) is 1.42. The third kappa shape index (κ3) is 9.37. The summed E-state index contributed by atoms with van der Waals surface area (Å²) >= 11 is 0. The van der Waals surface area contributed by atoms with Gasteiger partial charge in [0.1, 0.15) is 0 Å². The standard InChI is InChI=1S/C6H8O4.Pt/c1-2-10-6(9)4-3-5(7)8;/h3-4H,2H2,1H3,(H,7,8);/q;+2/b4-3+;. The van der Waals surface area contributed by atoms with Crippen molar-refractivity contribution < 1.29 is 40.5 Å². The Labute approximate surface area is 78.5 Å². The molecule has 4 nitrogen and oxygen atoms in total. The average molecular weight is 339 g/mol. The number of carboxylic acids is 1. The number of esters is 1. The molecule has 0 aromatic heterocycles. The number of ether oxygens (including phenoxy) is 1. The first-order valence-corrected chi connectivity index (χ1v) is 2.74. The molecule has 5 heteroatoms. The fourth-order valence-electron chi connectivity index (χ4n) is 0.330. The van der Waals surface area contributed by atoms with Crippen LogP contribution in [-0.4, -0.2) is 23.7 Å². The predicted octanol–water partition coefficient (Wildman–Crippen LogP) is 0.188. The molecule has 0 bridgehead atoms. The number of hydrogen-bond acceptors (Lipinski definition) is 3. The van der Waals surface area contributed by atoms with Gasteiger partial charge in [0.25, 0.3) is 0 Å². The maximum absolute atomic E-state index is 10.4. The third-order valence-corrected chi connectivity index (χ3v) is 0.649. The summed E-state index contributed by atoms with van der Waals surface area (Å²) in [5.41, 5.74) is 0. The number of carbonyl (C=O) groups is 2. The Morgan fingerprint density at radius 3 is 2.36 bits per heavy atom. The molecule has 0 unspecified atom stereocenters. The Kier molecular flexibility index (Phi) is 8.83. The maximum atomic E-state index is 10.4. The predicted molar refractivity (Wildman–Crippen MR) is 33.4 cm³/mol. The van der Waals surface area contributed by atoms with E-state index < -0.39 is 11.9 Å². The second-order valence-electron chi connectivity index (χ2n) is 1.42. The van der Waals surface area contributed by atoms with E-state index in [4.69, 9.17) is 5.11 Å². The molecule has 64 valence electrons. The van der Waals surface area contributed by atoms with E-state index in [1.165, 1.54) is 0 Å². The van der Waals surface area contributed by atoms with E-state index >= 15 is 0 Å². The van der Waals surface area contributed by atoms with Crippen molar-refractivity contribution in [1.82, 2.24) is 0 Å². The van der Waals surface area contributed by atoms with Crippen LogP contribution in [0.3, 0.4) is 0 Å². The molecule has 1 N–H and O–H groups in total. The van der Waals surface area contributed by atoms with E-state index in [2.05, 4.69) is 4.74 Å². The first kappa shape index (κ1) is 13.0. The minimum Gasteiger partial charge on any atom is -0.478 e. The average Bonchev–Trinajstić information content (AvgIpc) is 1.85. The van der Waals surface area contributed by atoms with Crippen molar-refractivity contribution in [2.45, 2.75) is 6.92 Å². The van der Waals surface area contributed by atoms with Gasteiger partial charge >= 0.3 is 33.0 Å². The van der Waals surface area contributed by atoms with E-state index in [1.54, 1.807) is 6.92 Å². The number of carboxylic acid groups (broad SMARTS) is 1. The summed E-state index contributed by atoms with van der Waals surface area (Å²) < 4.78 is 4.40. The normalized spacial score (nSPS) is 8.82. The molecule has 0 atom stereocenters. The number of rotatable bonds is 3. The zero-order valence-electron chi connectivity index (χ0n) is 5.85. The van der Waals surface area contributed by atoms with Gasteiger partial charge in [-0.2, -0.15) is 0 Å². The molecule has 0 aliphatic rings. The van der Waals surface area contributed by atoms with E-state index in [-0.39, 0.29) is 27.7 Å². The fraction of sp³-hybridized carbons (Fsp3) is 0.333. The van der Waals surface area contributed by atoms with Gasteiger partial charge in [-0.15, -0.1) is 0 Å². The molecule has 0 radical (unpaired) electrons. The van der Waals surface area contributed by atoms with Crippen molar-refractivity contribution in [3.05, 3.63) is 12.2 Å². The van der Waals surface area contributed by atoms with E-state index in [1.807, 2.05) is 0 Å². The van der Waals surface area contributed by atoms with Crippen molar-refractivity contribution in [3.8, 4) is 0 Å². The summed E-state index contributed by atoms with van der Waals surface area (Å²) in [7, 11) is 0. The largest absolute Gasteiger partial charge is 2.00 e. The summed E-state index contributed by atoms with van der Waals surface area (Å²) in [6, 6.07) is 0. The SMILES string of the molecule is CCOC(=O)/C=C/C(=O)O.[Pt+2]. The minimum absolute atomic E-state index is 0. The van der Waals surface area contributed by atoms with E-state index in [0.29, 0.717) is 0 Å². The summed E-state index contributed by atoms with van der Waals surface area (Å²) in [5, 5.41) is 8.04. The Morgan fingerprint density at radius 2 is 2.00 bits per heavy atom. The molecule has 11 heavy (non-hydrogen) atoms. The fourth-order valence-corrected chi connectivity index (χ4v) is 0.330. The van der Waals surface area contributed by atoms with Crippen LogP contribution in [0.2, 0.25) is 0 Å². The Hall–Kier alpha value is -0.632. The summed E-state index contributed by atoms with van der Waals surface area (Å²) in [6.45, 7) is 1.90. The smallest absolute Gasteiger partial charge is 0.478 e. The van der Waals surface area contributed by atoms with Crippen LogP contribution in [0.1, 0.15) is 6.92 Å². The van der Waals surface area contributed by atoms with Crippen LogP contribution in [0.15, 0.2) is 12.2 Å². The summed E-state index contributed by atoms with van der Waals surface area (Å²) in [6.07, 6.45) is 1.60. The molecule has 0 spiro atoms. The van der Waals surface area contributed by atoms with Crippen LogP contribution in [0.25, 0.3) is 0 Å². The quantitative estimate of drug-likeness (QED) is 0.589. The van der Waals surface area contributed by atoms with Gasteiger partial charge in [0, 0.05) is 12.2 Å². The molecular formula is C6H8O4Pt+2. The minimum atomic E-state index is -1.16. The van der Waals surface area contributed by atoms with Crippen molar-refractivity contribution in [2.24, 2.45) is 0 Å². The molecule has 0 aromatic rings. The molecule has 0 aromatic carbocycles. The molecular weight excluding hydrogens is 331 g/mol. The van der Waals surface area contributed by atoms with Crippen molar-refractivity contribution >= 4 is 11.9 Å². The Balaban J connectivity index is 0. The van der Waals surface area contributed by atoms with Crippen LogP contribution in [0.4, 0.5) is 0 Å². The summed E-state index contributed by atoms with van der Waals surface area (Å²) in [4.78, 5) is 20.2. The monoisotopic (exact) mass is 339 g/mol. The second kappa shape index (κ2) is 7.48. The van der Waals surface area contributed by atoms with Gasteiger partial charge in [-0.3, -0.25) is 0 Å². The van der Waals surface area contributed by atoms with Crippen molar-refractivity contribution in [2.75, 3.05) is 6.61 Å². The third-order valence-electron chi connectivity index (χ3n) is 0.649. The van der Waals surface area contributed by atoms with Crippen LogP contribution < -0.4 is 0 Å². The number of hydrogen-bond donors (Lipinski definition) is 1. The topological polar surface area (TPSA) is 63.6 Å². The van der Waals surface area contributed by atoms with Gasteiger partial charge in [-0.05, 0) is 6.92 Å². The van der Waals surface area contributed by atoms with E-state index in [9.17, 15) is 9.59 Å². The number of carbonyl (C=O) groups excluding carboxylic acids is 1. The molecule has 0 fully saturated rings. The Morgan fingerprint density at radius 1 is 1.45 bits per heavy atom. The van der Waals surface area contributed by atoms with Gasteiger partial charge in [0.05, 0.1) is 6.61 Å². The van der Waals surface area contributed by atoms with Crippen LogP contribution in [0, 0.1) is 0 Å². The van der Waals surface area contributed by atoms with Crippen LogP contribution in [-0.2, 0) is 35.4 Å².